The number of carbonyl (C=O) groups is 2. The van der Waals surface area contributed by atoms with Crippen molar-refractivity contribution in [2.24, 2.45) is 5.73 Å². The predicted octanol–water partition coefficient (Wildman–Crippen LogP) is 4.08. The molecular formula is C28H34N4O3. The van der Waals surface area contributed by atoms with Crippen LogP contribution in [0.25, 0.3) is 10.9 Å². The zero-order valence-corrected chi connectivity index (χ0v) is 20.3. The fourth-order valence-corrected chi connectivity index (χ4v) is 4.97. The Hall–Kier alpha value is -3.45. The normalized spacial score (nSPS) is 17.5. The number of hydrogen-bond acceptors (Lipinski definition) is 5. The van der Waals surface area contributed by atoms with E-state index in [0.717, 1.165) is 54.4 Å². The second kappa shape index (κ2) is 10.9. The van der Waals surface area contributed by atoms with Crippen molar-refractivity contribution in [1.29, 1.82) is 5.41 Å². The molecule has 1 saturated heterocycles. The molecule has 0 aliphatic carbocycles. The summed E-state index contributed by atoms with van der Waals surface area (Å²) in [5.74, 6) is -0.0689. The number of hydrogen-bond donors (Lipinski definition) is 4. The van der Waals surface area contributed by atoms with Crippen LogP contribution in [0.1, 0.15) is 59.8 Å². The van der Waals surface area contributed by atoms with Crippen LogP contribution in [0.15, 0.2) is 48.5 Å². The quantitative estimate of drug-likeness (QED) is 0.190. The van der Waals surface area contributed by atoms with Crippen molar-refractivity contribution < 1.29 is 14.3 Å². The summed E-state index contributed by atoms with van der Waals surface area (Å²) in [5.41, 5.74) is 9.38. The molecule has 0 amide bonds. The van der Waals surface area contributed by atoms with E-state index in [1.165, 1.54) is 0 Å². The topological polar surface area (TPSA) is 121 Å². The number of nitrogens with one attached hydrogen (secondary N) is 3. The van der Waals surface area contributed by atoms with Gasteiger partial charge < -0.3 is 20.8 Å². The number of aromatic nitrogens is 1. The molecule has 7 heteroatoms. The summed E-state index contributed by atoms with van der Waals surface area (Å²) in [6, 6.07) is 15.6. The zero-order chi connectivity index (χ0) is 24.8. The largest absolute Gasteiger partial charge is 0.462 e. The maximum absolute atomic E-state index is 13.6. The average molecular weight is 475 g/mol. The lowest BCUT2D eigenvalue weighted by atomic mass is 9.83. The molecule has 7 nitrogen and oxygen atoms in total. The van der Waals surface area contributed by atoms with Crippen LogP contribution in [0.4, 0.5) is 0 Å². The Kier molecular flexibility index (Phi) is 7.66. The number of nitrogens with two attached hydrogens (primary N) is 1. The van der Waals surface area contributed by atoms with Gasteiger partial charge in [0.2, 0.25) is 0 Å². The third-order valence-electron chi connectivity index (χ3n) is 6.89. The van der Waals surface area contributed by atoms with Gasteiger partial charge in [-0.25, -0.2) is 4.79 Å². The van der Waals surface area contributed by atoms with Gasteiger partial charge in [0.05, 0.1) is 23.5 Å². The van der Waals surface area contributed by atoms with Gasteiger partial charge in [0.25, 0.3) is 0 Å². The molecule has 5 N–H and O–H groups in total. The fraction of sp³-hybridized carbons (Fsp3) is 0.393. The summed E-state index contributed by atoms with van der Waals surface area (Å²) < 4.78 is 5.18. The van der Waals surface area contributed by atoms with Crippen molar-refractivity contribution >= 4 is 28.5 Å². The molecule has 0 unspecified atom stereocenters. The van der Waals surface area contributed by atoms with Crippen LogP contribution in [0.3, 0.4) is 0 Å². The number of amidine groups is 1. The third kappa shape index (κ3) is 5.80. The number of fused-ring (bicyclic) bond motifs is 1. The van der Waals surface area contributed by atoms with Crippen molar-refractivity contribution in [3.8, 4) is 0 Å². The molecule has 3 aromatic rings. The first-order valence-corrected chi connectivity index (χ1v) is 12.4. The molecule has 0 radical (unpaired) electrons. The number of ketones is 1. The van der Waals surface area contributed by atoms with E-state index in [1.807, 2.05) is 12.1 Å². The van der Waals surface area contributed by atoms with Crippen LogP contribution in [0, 0.1) is 5.41 Å². The number of Topliss-reactive ketones (excluding diaryl/α,β-unsaturated/α-hetero) is 1. The molecule has 35 heavy (non-hydrogen) atoms. The van der Waals surface area contributed by atoms with Crippen molar-refractivity contribution in [2.45, 2.75) is 57.4 Å². The van der Waals surface area contributed by atoms with E-state index in [1.54, 1.807) is 19.1 Å². The first-order chi connectivity index (χ1) is 16.9. The minimum atomic E-state index is -0.592. The molecule has 4 rings (SSSR count). The Morgan fingerprint density at radius 3 is 2.71 bits per heavy atom. The maximum Gasteiger partial charge on any atom is 0.338 e. The molecule has 1 fully saturated rings. The highest BCUT2D eigenvalue weighted by atomic mass is 16.5. The van der Waals surface area contributed by atoms with Gasteiger partial charge in [0, 0.05) is 24.1 Å². The van der Waals surface area contributed by atoms with E-state index in [9.17, 15) is 9.59 Å². The second-order valence-corrected chi connectivity index (χ2v) is 9.33. The molecule has 1 aliphatic heterocycles. The van der Waals surface area contributed by atoms with Gasteiger partial charge in [-0.15, -0.1) is 0 Å². The minimum Gasteiger partial charge on any atom is -0.462 e. The van der Waals surface area contributed by atoms with Crippen molar-refractivity contribution in [3.05, 3.63) is 70.9 Å². The molecule has 2 heterocycles. The smallest absolute Gasteiger partial charge is 0.338 e. The Bertz CT molecular complexity index is 1220. The number of rotatable bonds is 11. The monoisotopic (exact) mass is 474 g/mol. The van der Waals surface area contributed by atoms with Gasteiger partial charge in [-0.05, 0) is 80.3 Å². The van der Waals surface area contributed by atoms with Gasteiger partial charge >= 0.3 is 5.97 Å². The Morgan fingerprint density at radius 1 is 1.14 bits per heavy atom. The van der Waals surface area contributed by atoms with Crippen LogP contribution >= 0.6 is 0 Å². The number of benzene rings is 2. The Labute approximate surface area is 205 Å². The van der Waals surface area contributed by atoms with Gasteiger partial charge in [0.15, 0.2) is 5.78 Å². The summed E-state index contributed by atoms with van der Waals surface area (Å²) in [5, 5.41) is 12.1. The molecule has 1 atom stereocenters. The third-order valence-corrected chi connectivity index (χ3v) is 6.89. The van der Waals surface area contributed by atoms with Crippen LogP contribution in [-0.2, 0) is 28.8 Å². The highest BCUT2D eigenvalue weighted by Gasteiger charge is 2.40. The van der Waals surface area contributed by atoms with Crippen molar-refractivity contribution in [3.63, 3.8) is 0 Å². The molecule has 0 spiro atoms. The lowest BCUT2D eigenvalue weighted by molar-refractivity contribution is -0.124. The van der Waals surface area contributed by atoms with Crippen molar-refractivity contribution in [1.82, 2.24) is 10.3 Å². The number of esters is 1. The van der Waals surface area contributed by atoms with E-state index in [2.05, 4.69) is 34.6 Å². The summed E-state index contributed by atoms with van der Waals surface area (Å²) >= 11 is 0. The van der Waals surface area contributed by atoms with Crippen LogP contribution < -0.4 is 11.1 Å². The van der Waals surface area contributed by atoms with Gasteiger partial charge in [-0.1, -0.05) is 30.3 Å². The van der Waals surface area contributed by atoms with E-state index in [4.69, 9.17) is 15.9 Å². The van der Waals surface area contributed by atoms with E-state index >= 15 is 0 Å². The molecule has 0 bridgehead atoms. The molecule has 1 aromatic heterocycles. The first kappa shape index (κ1) is 24.7. The molecule has 0 saturated carbocycles. The lowest BCUT2D eigenvalue weighted by Gasteiger charge is -2.28. The number of carbonyl (C=O) groups excluding carboxylic acids is 2. The first-order valence-electron chi connectivity index (χ1n) is 12.4. The van der Waals surface area contributed by atoms with E-state index < -0.39 is 5.54 Å². The second-order valence-electron chi connectivity index (χ2n) is 9.33. The molecular weight excluding hydrogens is 440 g/mol. The standard InChI is InChI=1S/C28H34N4O3/c1-2-35-27(34)23-7-4-3-6-20(23)18-25(33)28(13-5-15-31-28)14-12-22-17-21-10-8-19(9-11-26(29)30)16-24(21)32-22/h3-4,6-8,10,16-17,31-32H,2,5,9,11-15,18H2,1H3,(H3,29,30)/t28-/m1/s1. The summed E-state index contributed by atoms with van der Waals surface area (Å²) in [4.78, 5) is 29.5. The number of H-pyrrole nitrogens is 1. The summed E-state index contributed by atoms with van der Waals surface area (Å²) in [6.45, 7) is 2.90. The van der Waals surface area contributed by atoms with E-state index in [-0.39, 0.29) is 24.0 Å². The van der Waals surface area contributed by atoms with Crippen molar-refractivity contribution in [2.75, 3.05) is 13.2 Å². The van der Waals surface area contributed by atoms with E-state index in [0.29, 0.717) is 30.6 Å². The highest BCUT2D eigenvalue weighted by molar-refractivity contribution is 5.96. The average Bonchev–Trinajstić information content (AvgIpc) is 3.49. The lowest BCUT2D eigenvalue weighted by Crippen LogP contribution is -2.49. The van der Waals surface area contributed by atoms with Gasteiger partial charge in [-0.2, -0.15) is 0 Å². The summed E-state index contributed by atoms with van der Waals surface area (Å²) in [6.07, 6.45) is 4.69. The van der Waals surface area contributed by atoms with Crippen LogP contribution in [0.5, 0.6) is 0 Å². The molecule has 1 aliphatic rings. The highest BCUT2D eigenvalue weighted by Crippen LogP contribution is 2.29. The number of ether oxygens (including phenoxy) is 1. The SMILES string of the molecule is CCOC(=O)c1ccccc1CC(=O)[C@]1(CCc2cc3ccc(CCC(=N)N)cc3[nH]2)CCCN1. The summed E-state index contributed by atoms with van der Waals surface area (Å²) in [7, 11) is 0. The van der Waals surface area contributed by atoms with Crippen LogP contribution in [-0.4, -0.2) is 41.3 Å². The van der Waals surface area contributed by atoms with Gasteiger partial charge in [-0.3, -0.25) is 10.2 Å². The Balaban J connectivity index is 1.47. The number of aromatic amines is 1. The maximum atomic E-state index is 13.6. The molecule has 2 aromatic carbocycles. The predicted molar refractivity (Wildman–Crippen MR) is 138 cm³/mol. The zero-order valence-electron chi connectivity index (χ0n) is 20.3. The molecule has 184 valence electrons. The van der Waals surface area contributed by atoms with Crippen LogP contribution in [0.2, 0.25) is 0 Å². The number of aryl methyl sites for hydroxylation is 2. The minimum absolute atomic E-state index is 0.120. The fourth-order valence-electron chi connectivity index (χ4n) is 4.97. The Morgan fingerprint density at radius 2 is 1.97 bits per heavy atom. The van der Waals surface area contributed by atoms with Gasteiger partial charge in [0.1, 0.15) is 0 Å².